The van der Waals surface area contributed by atoms with Crippen LogP contribution >= 0.6 is 28.3 Å². The molecule has 0 radical (unpaired) electrons. The molecule has 43 heteroatoms. The van der Waals surface area contributed by atoms with Crippen LogP contribution in [0.5, 0.6) is 5.88 Å². The molecule has 2 aliphatic heterocycles. The molecule has 3 aromatic heterocycles. The number of carbonyl (C=O) groups is 7. The summed E-state index contributed by atoms with van der Waals surface area (Å²) >= 11 is 9.47. The highest BCUT2D eigenvalue weighted by atomic mass is 32.5. The monoisotopic (exact) mass is 1830 g/mol. The SMILES string of the molecule is CC(C)[C@H](NC(=O)CCOCCOCCOCCOCCOCCOCCOCCOCCNC(=O)CCC(=O)N1Cc2ccccc2C#Cc2ccccc21)C(=O)N[C@@H](C)C(=O)Nc1ccc(COC(=O)N(C)Cc2ccccc2C(=O)Nc2nc3c(ncn3[C@@H]3O[C@H](COP=O)[C@@H](O)[C@H]3OP(O)(=S)OC[C@H]3C[C@@H](Oc4ccncn4)C[C@@H]3OS)c(=O)[nH]2)cc1. The van der Waals surface area contributed by atoms with Crippen molar-refractivity contribution in [1.29, 1.82) is 0 Å². The average molecular weight is 1830 g/mol. The molecular formula is C83H105N13O26P2S2. The predicted octanol–water partition coefficient (Wildman–Crippen LogP) is 6.07. The Kier molecular flexibility index (Phi) is 40.6. The molecule has 10 rings (SSSR count). The van der Waals surface area contributed by atoms with Crippen molar-refractivity contribution in [2.75, 3.05) is 148 Å². The van der Waals surface area contributed by atoms with E-state index < -0.39 is 100 Å². The lowest BCUT2D eigenvalue weighted by molar-refractivity contribution is -0.132. The van der Waals surface area contributed by atoms with Crippen LogP contribution in [0.1, 0.15) is 97.3 Å². The number of para-hydroxylation sites is 1. The third-order valence-electron chi connectivity index (χ3n) is 19.8. The number of aromatic amines is 1. The second-order valence-corrected chi connectivity index (χ2v) is 32.7. The summed E-state index contributed by atoms with van der Waals surface area (Å²) in [4.78, 5) is 140. The standard InChI is InChI=1S/C83H105N13O26P2S2/c1-54(2)72(90-69(98)26-29-108-31-33-110-35-37-112-39-41-114-43-44-115-42-40-113-38-36-111-34-32-109-30-28-85-68(97)23-24-71(99)95-48-59-13-6-5-11-57(59)19-20-58-12-8-10-16-65(58)95)79(103)88-55(3)77(101)89-62-21-17-56(18-22-62)49-116-83(105)94(4)47-60-14-7-9-15-64(60)78(102)92-82-91-76-73(80(104)93-82)87-53-96(76)81-75(74(100)67(120-81)51-117-123-106)121-124(107,126)118-50-61-45-63(46-66(61)122-125)119-70-25-27-84-52-86-70/h5-18,21-22,25,27,52-55,61,63,66-67,72,74-75,81,100,125H,23-24,26,28-51H2,1-4H3,(H,85,97)(H,88,103)(H,89,101)(H,90,98)(H,107,126)(H2,91,92,93,102,104)/t55-,61+,63+,66-,67+,72-,74+,75+,81+,124?/m0/s1. The number of H-pyrrole nitrogens is 1. The molecular weight excluding hydrogens is 1720 g/mol. The van der Waals surface area contributed by atoms with Crippen molar-refractivity contribution < 1.29 is 118 Å². The molecule has 680 valence electrons. The first-order valence-corrected chi connectivity index (χ1v) is 44.5. The van der Waals surface area contributed by atoms with E-state index in [0.717, 1.165) is 28.7 Å². The van der Waals surface area contributed by atoms with Gasteiger partial charge in [0.25, 0.3) is 11.5 Å². The third kappa shape index (κ3) is 31.3. The number of imidazole rings is 1. The summed E-state index contributed by atoms with van der Waals surface area (Å²) in [6, 6.07) is 27.7. The third-order valence-corrected chi connectivity index (χ3v) is 21.9. The quantitative estimate of drug-likeness (QED) is 0.00686. The van der Waals surface area contributed by atoms with Crippen LogP contribution in [0, 0.1) is 23.7 Å². The number of amides is 7. The molecule has 7 aromatic rings. The van der Waals surface area contributed by atoms with E-state index in [0.29, 0.717) is 135 Å². The largest absolute Gasteiger partial charge is 0.474 e. The molecule has 3 aliphatic rings. The first-order valence-electron chi connectivity index (χ1n) is 40.8. The summed E-state index contributed by atoms with van der Waals surface area (Å²) < 4.78 is 96.8. The summed E-state index contributed by atoms with van der Waals surface area (Å²) in [5, 5.41) is 25.1. The number of aliphatic hydroxyl groups excluding tert-OH is 1. The van der Waals surface area contributed by atoms with Gasteiger partial charge in [0.15, 0.2) is 17.4 Å². The van der Waals surface area contributed by atoms with E-state index in [4.69, 9.17) is 81.7 Å². The van der Waals surface area contributed by atoms with Gasteiger partial charge in [0, 0.05) is 86.4 Å². The van der Waals surface area contributed by atoms with Crippen LogP contribution in [0.3, 0.4) is 0 Å². The predicted molar refractivity (Wildman–Crippen MR) is 461 cm³/mol. The lowest BCUT2D eigenvalue weighted by atomic mass is 10.0. The second-order valence-electron chi connectivity index (χ2n) is 29.3. The number of hydrogen-bond acceptors (Lipinski definition) is 31. The zero-order chi connectivity index (χ0) is 89.6. The Bertz CT molecular complexity index is 4880. The molecule has 126 heavy (non-hydrogen) atoms. The number of hydrogen-bond donors (Lipinski definition) is 9. The number of rotatable bonds is 54. The van der Waals surface area contributed by atoms with Crippen molar-refractivity contribution >= 4 is 110 Å². The molecule has 7 amide bonds. The van der Waals surface area contributed by atoms with E-state index >= 15 is 0 Å². The van der Waals surface area contributed by atoms with Crippen molar-refractivity contribution in [1.82, 2.24) is 50.3 Å². The summed E-state index contributed by atoms with van der Waals surface area (Å²) in [5.74, 6) is 3.03. The molecule has 39 nitrogen and oxygen atoms in total. The normalized spacial score (nSPS) is 18.1. The minimum absolute atomic E-state index is 0.0257. The summed E-state index contributed by atoms with van der Waals surface area (Å²) in [7, 11) is 0.736. The maximum atomic E-state index is 14.1. The maximum Gasteiger partial charge on any atom is 0.410 e. The van der Waals surface area contributed by atoms with E-state index in [9.17, 15) is 52.9 Å². The minimum atomic E-state index is -4.26. The van der Waals surface area contributed by atoms with Gasteiger partial charge in [-0.2, -0.15) is 4.98 Å². The number of fused-ring (bicyclic) bond motifs is 3. The Morgan fingerprint density at radius 2 is 1.37 bits per heavy atom. The van der Waals surface area contributed by atoms with Crippen molar-refractivity contribution in [3.05, 3.63) is 166 Å². The number of ether oxygens (including phenoxy) is 11. The fraction of sp³-hybridized carbons (Fsp3) is 0.494. The maximum absolute atomic E-state index is 14.1. The highest BCUT2D eigenvalue weighted by Gasteiger charge is 2.49. The fourth-order valence-electron chi connectivity index (χ4n) is 13.2. The van der Waals surface area contributed by atoms with Gasteiger partial charge in [-0.15, -0.1) is 0 Å². The summed E-state index contributed by atoms with van der Waals surface area (Å²) in [6.45, 7) is 5.91. The van der Waals surface area contributed by atoms with E-state index in [1.165, 1.54) is 42.0 Å². The van der Waals surface area contributed by atoms with Gasteiger partial charge in [-0.1, -0.05) is 86.4 Å². The van der Waals surface area contributed by atoms with Crippen LogP contribution in [-0.4, -0.2) is 261 Å². The Morgan fingerprint density at radius 1 is 0.730 bits per heavy atom. The molecule has 1 aliphatic carbocycles. The Morgan fingerprint density at radius 3 is 2.02 bits per heavy atom. The highest BCUT2D eigenvalue weighted by molar-refractivity contribution is 8.07. The van der Waals surface area contributed by atoms with Gasteiger partial charge in [0.05, 0.1) is 144 Å². The fourth-order valence-corrected chi connectivity index (χ4v) is 15.2. The van der Waals surface area contributed by atoms with Crippen LogP contribution in [-0.2, 0) is 125 Å². The second kappa shape index (κ2) is 51.9. The minimum Gasteiger partial charge on any atom is -0.474 e. The van der Waals surface area contributed by atoms with E-state index in [2.05, 4.69) is 76.3 Å². The first-order chi connectivity index (χ1) is 61.0. The van der Waals surface area contributed by atoms with E-state index in [-0.39, 0.29) is 111 Å². The van der Waals surface area contributed by atoms with Crippen LogP contribution in [0.15, 0.2) is 127 Å². The Balaban J connectivity index is 0.528. The van der Waals surface area contributed by atoms with Gasteiger partial charge in [-0.25, -0.2) is 24.3 Å². The van der Waals surface area contributed by atoms with E-state index in [1.54, 1.807) is 67.3 Å². The van der Waals surface area contributed by atoms with Gasteiger partial charge in [0.2, 0.25) is 41.4 Å². The number of nitrogens with one attached hydrogen (secondary N) is 6. The number of benzene rings is 4. The van der Waals surface area contributed by atoms with Gasteiger partial charge >= 0.3 is 21.5 Å². The number of aromatic nitrogens is 6. The summed E-state index contributed by atoms with van der Waals surface area (Å²) in [6.07, 6.45) is -2.47. The molecule has 5 heterocycles. The van der Waals surface area contributed by atoms with Gasteiger partial charge in [-0.3, -0.25) is 57.5 Å². The number of aliphatic hydroxyl groups is 1. The lowest BCUT2D eigenvalue weighted by Gasteiger charge is -2.27. The zero-order valence-electron chi connectivity index (χ0n) is 70.0. The zero-order valence-corrected chi connectivity index (χ0v) is 73.5. The molecule has 0 bridgehead atoms. The molecule has 0 spiro atoms. The first kappa shape index (κ1) is 98.4. The van der Waals surface area contributed by atoms with E-state index in [1.807, 2.05) is 48.5 Å². The molecule has 10 atom stereocenters. The number of anilines is 3. The van der Waals surface area contributed by atoms with Crippen molar-refractivity contribution in [3.8, 4) is 17.7 Å². The lowest BCUT2D eigenvalue weighted by Crippen LogP contribution is -2.53. The van der Waals surface area contributed by atoms with Crippen LogP contribution < -0.4 is 41.8 Å². The van der Waals surface area contributed by atoms with Gasteiger partial charge < -0.3 is 102 Å². The number of carbonyl (C=O) groups excluding carboxylic acids is 7. The van der Waals surface area contributed by atoms with Crippen molar-refractivity contribution in [3.63, 3.8) is 0 Å². The van der Waals surface area contributed by atoms with Crippen LogP contribution in [0.4, 0.5) is 22.1 Å². The molecule has 1 saturated carbocycles. The van der Waals surface area contributed by atoms with Crippen molar-refractivity contribution in [2.24, 2.45) is 11.8 Å². The van der Waals surface area contributed by atoms with Gasteiger partial charge in [0.1, 0.15) is 49.4 Å². The summed E-state index contributed by atoms with van der Waals surface area (Å²) in [5.41, 5.74) is 3.52. The number of nitrogens with zero attached hydrogens (tertiary/aromatic N) is 7. The highest BCUT2D eigenvalue weighted by Crippen LogP contribution is 2.51. The molecule has 2 fully saturated rings. The average Bonchev–Trinajstić information content (AvgIpc) is 1.60. The number of thiol groups is 1. The Hall–Kier alpha value is -9.74. The Labute approximate surface area is 739 Å². The van der Waals surface area contributed by atoms with Crippen LogP contribution in [0.2, 0.25) is 0 Å². The van der Waals surface area contributed by atoms with Gasteiger partial charge in [-0.05, 0) is 97.1 Å². The topological polar surface area (TPSA) is 471 Å². The molecule has 8 N–H and O–H groups in total. The molecule has 1 saturated heterocycles. The molecule has 1 unspecified atom stereocenters. The smallest absolute Gasteiger partial charge is 0.410 e. The van der Waals surface area contributed by atoms with Crippen molar-refractivity contribution in [2.45, 2.75) is 121 Å². The molecule has 4 aromatic carbocycles. The van der Waals surface area contributed by atoms with Crippen LogP contribution in [0.25, 0.3) is 11.2 Å².